The van der Waals surface area contributed by atoms with Crippen molar-refractivity contribution < 1.29 is 4.74 Å². The summed E-state index contributed by atoms with van der Waals surface area (Å²) in [5.74, 6) is 1.75. The summed E-state index contributed by atoms with van der Waals surface area (Å²) in [6.07, 6.45) is 7.67. The number of aryl methyl sites for hydroxylation is 1. The van der Waals surface area contributed by atoms with Crippen molar-refractivity contribution in [2.45, 2.75) is 31.9 Å². The van der Waals surface area contributed by atoms with Gasteiger partial charge in [-0.2, -0.15) is 0 Å². The lowest BCUT2D eigenvalue weighted by molar-refractivity contribution is 0.306. The van der Waals surface area contributed by atoms with E-state index in [0.29, 0.717) is 23.5 Å². The molecule has 4 aromatic carbocycles. The van der Waals surface area contributed by atoms with Crippen LogP contribution in [0.2, 0.25) is 5.02 Å². The summed E-state index contributed by atoms with van der Waals surface area (Å²) < 4.78 is 7.08. The van der Waals surface area contributed by atoms with E-state index in [9.17, 15) is 0 Å². The van der Waals surface area contributed by atoms with Gasteiger partial charge in [-0.1, -0.05) is 87.7 Å². The molecule has 38 heavy (non-hydrogen) atoms. The Balaban J connectivity index is 1.20. The highest BCUT2D eigenvalue weighted by atomic mass is 79.9. The molecular formula is C33H28BrClN2O. The average Bonchev–Trinajstić information content (AvgIpc) is 3.43. The molecule has 190 valence electrons. The first kappa shape index (κ1) is 25.0. The van der Waals surface area contributed by atoms with E-state index in [1.807, 2.05) is 48.7 Å². The molecule has 5 heteroatoms. The fraction of sp³-hybridized carbons (Fsp3) is 0.182. The Bertz CT molecular complexity index is 1530. The number of nitrogens with one attached hydrogen (secondary N) is 1. The molecule has 1 N–H and O–H groups in total. The second-order valence-electron chi connectivity index (χ2n) is 9.98. The fourth-order valence-electron chi connectivity index (χ4n) is 5.48. The highest BCUT2D eigenvalue weighted by molar-refractivity contribution is 9.10. The predicted molar refractivity (Wildman–Crippen MR) is 161 cm³/mol. The van der Waals surface area contributed by atoms with Gasteiger partial charge >= 0.3 is 0 Å². The van der Waals surface area contributed by atoms with Gasteiger partial charge in [0, 0.05) is 38.4 Å². The van der Waals surface area contributed by atoms with Crippen molar-refractivity contribution in [2.24, 2.45) is 10.9 Å². The summed E-state index contributed by atoms with van der Waals surface area (Å²) in [4.78, 5) is 4.76. The second kappa shape index (κ2) is 10.8. The Labute approximate surface area is 237 Å². The number of ether oxygens (including phenoxy) is 1. The maximum atomic E-state index is 6.30. The molecule has 2 aliphatic rings. The molecule has 0 bridgehead atoms. The topological polar surface area (TPSA) is 33.6 Å². The van der Waals surface area contributed by atoms with Gasteiger partial charge in [-0.3, -0.25) is 4.99 Å². The average molecular weight is 584 g/mol. The van der Waals surface area contributed by atoms with Gasteiger partial charge in [0.05, 0.1) is 11.7 Å². The highest BCUT2D eigenvalue weighted by Gasteiger charge is 2.37. The molecule has 0 amide bonds. The third kappa shape index (κ3) is 5.16. The van der Waals surface area contributed by atoms with Gasteiger partial charge in [-0.15, -0.1) is 0 Å². The van der Waals surface area contributed by atoms with Crippen LogP contribution in [0.4, 0.5) is 11.4 Å². The number of halogens is 2. The van der Waals surface area contributed by atoms with Crippen LogP contribution in [0.25, 0.3) is 0 Å². The highest BCUT2D eigenvalue weighted by Crippen LogP contribution is 2.50. The lowest BCUT2D eigenvalue weighted by Gasteiger charge is -2.37. The van der Waals surface area contributed by atoms with Crippen LogP contribution in [0.3, 0.4) is 0 Å². The van der Waals surface area contributed by atoms with Crippen molar-refractivity contribution in [3.63, 3.8) is 0 Å². The quantitative estimate of drug-likeness (QED) is 0.181. The molecule has 0 spiro atoms. The minimum atomic E-state index is 0.276. The van der Waals surface area contributed by atoms with E-state index in [-0.39, 0.29) is 6.04 Å². The Morgan fingerprint density at radius 1 is 1.03 bits per heavy atom. The molecule has 4 aromatic rings. The van der Waals surface area contributed by atoms with Crippen LogP contribution in [0, 0.1) is 12.8 Å². The zero-order valence-corrected chi connectivity index (χ0v) is 23.4. The van der Waals surface area contributed by atoms with Crippen LogP contribution in [-0.4, -0.2) is 6.21 Å². The fourth-order valence-corrected chi connectivity index (χ4v) is 6.05. The smallest absolute Gasteiger partial charge is 0.128 e. The number of benzene rings is 4. The number of allylic oxidation sites excluding steroid dienone is 2. The second-order valence-corrected chi connectivity index (χ2v) is 11.3. The standard InChI is InChI=1S/C33H28BrClN2O/c1-21-9-15-31-29(17-21)27-6-4-7-28(27)33(37-31)22-10-13-26(14-11-22)36-19-24-18-25(34)12-16-32(24)38-20-23-5-2-3-8-30(23)35/h2-6,8-19,27-28,33,37H,7,20H2,1H3/t27-,28+,33-/m1/s1. The summed E-state index contributed by atoms with van der Waals surface area (Å²) in [6, 6.07) is 29.3. The van der Waals surface area contributed by atoms with Gasteiger partial charge in [0.15, 0.2) is 0 Å². The first-order valence-electron chi connectivity index (χ1n) is 12.9. The number of hydrogen-bond acceptors (Lipinski definition) is 3. The zero-order valence-electron chi connectivity index (χ0n) is 21.1. The minimum Gasteiger partial charge on any atom is -0.488 e. The van der Waals surface area contributed by atoms with E-state index in [0.717, 1.165) is 33.5 Å². The van der Waals surface area contributed by atoms with Crippen molar-refractivity contribution in [1.82, 2.24) is 0 Å². The Hall–Kier alpha value is -3.34. The van der Waals surface area contributed by atoms with Gasteiger partial charge in [-0.25, -0.2) is 0 Å². The number of rotatable bonds is 6. The number of aliphatic imine (C=N–C) groups is 1. The number of nitrogens with zero attached hydrogens (tertiary/aromatic N) is 1. The van der Waals surface area contributed by atoms with E-state index >= 15 is 0 Å². The first-order valence-corrected chi connectivity index (χ1v) is 14.1. The van der Waals surface area contributed by atoms with Crippen LogP contribution in [0.15, 0.2) is 107 Å². The van der Waals surface area contributed by atoms with Crippen molar-refractivity contribution >= 4 is 45.1 Å². The zero-order chi connectivity index (χ0) is 26.1. The lowest BCUT2D eigenvalue weighted by Crippen LogP contribution is -2.29. The van der Waals surface area contributed by atoms with E-state index in [2.05, 4.69) is 82.8 Å². The molecule has 1 aliphatic carbocycles. The molecule has 1 heterocycles. The third-order valence-corrected chi connectivity index (χ3v) is 8.30. The van der Waals surface area contributed by atoms with Crippen LogP contribution in [0.5, 0.6) is 5.75 Å². The first-order chi connectivity index (χ1) is 18.5. The molecule has 0 saturated carbocycles. The molecule has 0 aromatic heterocycles. The minimum absolute atomic E-state index is 0.276. The number of anilines is 1. The van der Waals surface area contributed by atoms with Gasteiger partial charge in [-0.05, 0) is 72.9 Å². The molecule has 0 unspecified atom stereocenters. The van der Waals surface area contributed by atoms with E-state index in [4.69, 9.17) is 21.3 Å². The molecule has 0 fully saturated rings. The van der Waals surface area contributed by atoms with Gasteiger partial charge in [0.25, 0.3) is 0 Å². The Morgan fingerprint density at radius 3 is 2.71 bits per heavy atom. The summed E-state index contributed by atoms with van der Waals surface area (Å²) in [7, 11) is 0. The van der Waals surface area contributed by atoms with Crippen LogP contribution in [0.1, 0.15) is 46.2 Å². The lowest BCUT2D eigenvalue weighted by atomic mass is 9.76. The van der Waals surface area contributed by atoms with Crippen molar-refractivity contribution in [2.75, 3.05) is 5.32 Å². The molecule has 0 radical (unpaired) electrons. The maximum Gasteiger partial charge on any atom is 0.128 e. The molecule has 3 atom stereocenters. The molecule has 1 aliphatic heterocycles. The van der Waals surface area contributed by atoms with Crippen LogP contribution < -0.4 is 10.1 Å². The Morgan fingerprint density at radius 2 is 1.87 bits per heavy atom. The monoisotopic (exact) mass is 582 g/mol. The molecule has 3 nitrogen and oxygen atoms in total. The SMILES string of the molecule is Cc1ccc2c(c1)[C@@H]1C=CC[C@@H]1[C@@H](c1ccc(N=Cc3cc(Br)ccc3OCc3ccccc3Cl)cc1)N2. The van der Waals surface area contributed by atoms with Crippen molar-refractivity contribution in [3.05, 3.63) is 134 Å². The molecule has 0 saturated heterocycles. The maximum absolute atomic E-state index is 6.30. The number of fused-ring (bicyclic) bond motifs is 3. The van der Waals surface area contributed by atoms with Gasteiger partial charge in [0.2, 0.25) is 0 Å². The summed E-state index contributed by atoms with van der Waals surface area (Å²) in [5, 5.41) is 4.52. The van der Waals surface area contributed by atoms with Gasteiger partial charge in [0.1, 0.15) is 12.4 Å². The third-order valence-electron chi connectivity index (χ3n) is 7.44. The van der Waals surface area contributed by atoms with E-state index in [1.54, 1.807) is 0 Å². The Kier molecular flexibility index (Phi) is 7.10. The van der Waals surface area contributed by atoms with E-state index in [1.165, 1.54) is 22.4 Å². The van der Waals surface area contributed by atoms with E-state index < -0.39 is 0 Å². The summed E-state index contributed by atoms with van der Waals surface area (Å²) in [5.41, 5.74) is 8.02. The van der Waals surface area contributed by atoms with Crippen LogP contribution >= 0.6 is 27.5 Å². The molecular weight excluding hydrogens is 556 g/mol. The normalized spacial score (nSPS) is 19.7. The largest absolute Gasteiger partial charge is 0.488 e. The van der Waals surface area contributed by atoms with Crippen LogP contribution in [-0.2, 0) is 6.61 Å². The van der Waals surface area contributed by atoms with Gasteiger partial charge < -0.3 is 10.1 Å². The summed E-state index contributed by atoms with van der Waals surface area (Å²) >= 11 is 9.88. The predicted octanol–water partition coefficient (Wildman–Crippen LogP) is 9.57. The summed E-state index contributed by atoms with van der Waals surface area (Å²) in [6.45, 7) is 2.56. The number of hydrogen-bond donors (Lipinski definition) is 1. The van der Waals surface area contributed by atoms with Crippen molar-refractivity contribution in [1.29, 1.82) is 0 Å². The van der Waals surface area contributed by atoms with Crippen molar-refractivity contribution in [3.8, 4) is 5.75 Å². The molecule has 6 rings (SSSR count).